The Kier molecular flexibility index (Phi) is 6.77. The molecule has 2 N–H and O–H groups in total. The number of carbonyl (C=O) groups excluding carboxylic acids is 1. The first-order chi connectivity index (χ1) is 7.47. The van der Waals surface area contributed by atoms with E-state index in [4.69, 9.17) is 11.5 Å². The van der Waals surface area contributed by atoms with Gasteiger partial charge in [-0.2, -0.15) is 0 Å². The highest BCUT2D eigenvalue weighted by atomic mass is 16.4. The van der Waals surface area contributed by atoms with Crippen LogP contribution in [-0.4, -0.2) is 41.6 Å². The smallest absolute Gasteiger partial charge is 0.323 e. The van der Waals surface area contributed by atoms with E-state index in [1.54, 1.807) is 0 Å². The van der Waals surface area contributed by atoms with Gasteiger partial charge in [0.1, 0.15) is 6.54 Å². The number of nitrogens with zero attached hydrogens (tertiary/aromatic N) is 1. The minimum atomic E-state index is -1.02. The van der Waals surface area contributed by atoms with E-state index in [2.05, 4.69) is 11.2 Å². The summed E-state index contributed by atoms with van der Waals surface area (Å²) in [5.74, 6) is 1.59. The van der Waals surface area contributed by atoms with Crippen molar-refractivity contribution in [1.82, 2.24) is 10.2 Å². The summed E-state index contributed by atoms with van der Waals surface area (Å²) in [6.07, 6.45) is 5.48. The number of carbonyl (C=O) groups is 2. The van der Waals surface area contributed by atoms with Gasteiger partial charge in [-0.1, -0.05) is 13.8 Å². The molecule has 0 bridgehead atoms. The molecule has 0 aliphatic rings. The molecule has 90 valence electrons. The third-order valence-corrected chi connectivity index (χ3v) is 1.74. The third-order valence-electron chi connectivity index (χ3n) is 1.74. The molecule has 0 fully saturated rings. The number of carboxylic acid groups (broad SMARTS) is 1. The summed E-state index contributed by atoms with van der Waals surface area (Å²) in [6, 6.07) is -0.383. The highest BCUT2D eigenvalue weighted by Gasteiger charge is 2.16. The summed E-state index contributed by atoms with van der Waals surface area (Å²) >= 11 is 0. The standard InChI is InChI=1S/C11H18N2O3/c1-4-5-6-12-11(16)13(7-9(2)3)8-10(14)15/h1,9H,5-8H2,2-3H3,(H,12,16)(H,14,15). The first-order valence-electron chi connectivity index (χ1n) is 5.15. The largest absolute Gasteiger partial charge is 0.480 e. The van der Waals surface area contributed by atoms with Crippen LogP contribution >= 0.6 is 0 Å². The molecule has 0 aromatic heterocycles. The lowest BCUT2D eigenvalue weighted by Crippen LogP contribution is -2.44. The van der Waals surface area contributed by atoms with Gasteiger partial charge in [-0.15, -0.1) is 12.3 Å². The van der Waals surface area contributed by atoms with E-state index < -0.39 is 5.97 Å². The van der Waals surface area contributed by atoms with Crippen molar-refractivity contribution in [3.63, 3.8) is 0 Å². The predicted molar refractivity (Wildman–Crippen MR) is 60.9 cm³/mol. The van der Waals surface area contributed by atoms with E-state index in [-0.39, 0.29) is 18.5 Å². The zero-order valence-corrected chi connectivity index (χ0v) is 9.69. The second kappa shape index (κ2) is 7.57. The Morgan fingerprint density at radius 2 is 2.12 bits per heavy atom. The van der Waals surface area contributed by atoms with E-state index in [1.165, 1.54) is 4.90 Å². The van der Waals surface area contributed by atoms with Gasteiger partial charge in [-0.3, -0.25) is 4.79 Å². The average Bonchev–Trinajstić information content (AvgIpc) is 2.15. The minimum Gasteiger partial charge on any atom is -0.480 e. The summed E-state index contributed by atoms with van der Waals surface area (Å²) in [5, 5.41) is 11.2. The molecule has 0 aromatic rings. The number of carboxylic acids is 1. The van der Waals surface area contributed by atoms with E-state index in [9.17, 15) is 9.59 Å². The number of hydrogen-bond acceptors (Lipinski definition) is 2. The lowest BCUT2D eigenvalue weighted by Gasteiger charge is -2.22. The molecule has 16 heavy (non-hydrogen) atoms. The lowest BCUT2D eigenvalue weighted by atomic mass is 10.2. The molecule has 0 aromatic carbocycles. The van der Waals surface area contributed by atoms with Crippen LogP contribution in [0.2, 0.25) is 0 Å². The first-order valence-corrected chi connectivity index (χ1v) is 5.15. The van der Waals surface area contributed by atoms with Crippen LogP contribution in [0.1, 0.15) is 20.3 Å². The van der Waals surface area contributed by atoms with Crippen molar-refractivity contribution in [2.75, 3.05) is 19.6 Å². The zero-order valence-electron chi connectivity index (χ0n) is 9.69. The maximum atomic E-state index is 11.6. The van der Waals surface area contributed by atoms with E-state index >= 15 is 0 Å². The monoisotopic (exact) mass is 226 g/mol. The predicted octanol–water partition coefficient (Wildman–Crippen LogP) is 0.762. The van der Waals surface area contributed by atoms with Crippen molar-refractivity contribution in [2.45, 2.75) is 20.3 Å². The normalized spacial score (nSPS) is 9.62. The molecule has 0 saturated heterocycles. The quantitative estimate of drug-likeness (QED) is 0.519. The molecular weight excluding hydrogens is 208 g/mol. The number of urea groups is 1. The van der Waals surface area contributed by atoms with Crippen LogP contribution in [0.5, 0.6) is 0 Å². The highest BCUT2D eigenvalue weighted by molar-refractivity contribution is 5.80. The molecule has 0 aliphatic heterocycles. The second-order valence-electron chi connectivity index (χ2n) is 3.85. The van der Waals surface area contributed by atoms with E-state index in [0.717, 1.165) is 0 Å². The fraction of sp³-hybridized carbons (Fsp3) is 0.636. The topological polar surface area (TPSA) is 69.6 Å². The van der Waals surface area contributed by atoms with Gasteiger partial charge in [-0.25, -0.2) is 4.79 Å². The van der Waals surface area contributed by atoms with Crippen LogP contribution in [0.25, 0.3) is 0 Å². The summed E-state index contributed by atoms with van der Waals surface area (Å²) in [6.45, 7) is 4.32. The molecule has 0 heterocycles. The Balaban J connectivity index is 4.21. The van der Waals surface area contributed by atoms with Crippen LogP contribution in [-0.2, 0) is 4.79 Å². The summed E-state index contributed by atoms with van der Waals surface area (Å²) < 4.78 is 0. The Labute approximate surface area is 95.8 Å². The minimum absolute atomic E-state index is 0.220. The fourth-order valence-corrected chi connectivity index (χ4v) is 1.18. The van der Waals surface area contributed by atoms with Crippen molar-refractivity contribution >= 4 is 12.0 Å². The molecule has 2 amide bonds. The molecule has 0 atom stereocenters. The van der Waals surface area contributed by atoms with Crippen LogP contribution in [0.15, 0.2) is 0 Å². The van der Waals surface area contributed by atoms with Crippen molar-refractivity contribution in [1.29, 1.82) is 0 Å². The number of aliphatic carboxylic acids is 1. The Morgan fingerprint density at radius 1 is 1.50 bits per heavy atom. The van der Waals surface area contributed by atoms with Crippen molar-refractivity contribution in [3.05, 3.63) is 0 Å². The number of nitrogens with one attached hydrogen (secondary N) is 1. The maximum Gasteiger partial charge on any atom is 0.323 e. The number of amides is 2. The zero-order chi connectivity index (χ0) is 12.6. The molecular formula is C11H18N2O3. The molecule has 0 saturated carbocycles. The van der Waals surface area contributed by atoms with Gasteiger partial charge in [0.05, 0.1) is 0 Å². The lowest BCUT2D eigenvalue weighted by molar-refractivity contribution is -0.137. The summed E-state index contributed by atoms with van der Waals surface area (Å²) in [7, 11) is 0. The molecule has 5 nitrogen and oxygen atoms in total. The Morgan fingerprint density at radius 3 is 2.56 bits per heavy atom. The van der Waals surface area contributed by atoms with Gasteiger partial charge in [0, 0.05) is 19.5 Å². The molecule has 5 heteroatoms. The molecule has 0 rings (SSSR count). The van der Waals surface area contributed by atoms with Gasteiger partial charge in [0.25, 0.3) is 0 Å². The average molecular weight is 226 g/mol. The number of rotatable bonds is 6. The molecule has 0 radical (unpaired) electrons. The van der Waals surface area contributed by atoms with Gasteiger partial charge in [0.2, 0.25) is 0 Å². The van der Waals surface area contributed by atoms with Crippen LogP contribution in [0.3, 0.4) is 0 Å². The fourth-order valence-electron chi connectivity index (χ4n) is 1.18. The molecule has 0 aliphatic carbocycles. The first kappa shape index (κ1) is 14.3. The van der Waals surface area contributed by atoms with E-state index in [1.807, 2.05) is 13.8 Å². The highest BCUT2D eigenvalue weighted by Crippen LogP contribution is 1.99. The summed E-state index contributed by atoms with van der Waals surface area (Å²) in [4.78, 5) is 23.4. The van der Waals surface area contributed by atoms with Crippen LogP contribution < -0.4 is 5.32 Å². The van der Waals surface area contributed by atoms with Crippen molar-refractivity contribution in [3.8, 4) is 12.3 Å². The van der Waals surface area contributed by atoms with Gasteiger partial charge < -0.3 is 15.3 Å². The second-order valence-corrected chi connectivity index (χ2v) is 3.85. The third kappa shape index (κ3) is 6.71. The summed E-state index contributed by atoms with van der Waals surface area (Å²) in [5.41, 5.74) is 0. The maximum absolute atomic E-state index is 11.6. The van der Waals surface area contributed by atoms with Crippen LogP contribution in [0, 0.1) is 18.3 Å². The van der Waals surface area contributed by atoms with Crippen molar-refractivity contribution in [2.24, 2.45) is 5.92 Å². The Hall–Kier alpha value is -1.70. The van der Waals surface area contributed by atoms with Crippen LogP contribution in [0.4, 0.5) is 4.79 Å². The van der Waals surface area contributed by atoms with Gasteiger partial charge in [-0.05, 0) is 5.92 Å². The van der Waals surface area contributed by atoms with Gasteiger partial charge in [0.15, 0.2) is 0 Å². The Bertz CT molecular complexity index is 281. The van der Waals surface area contributed by atoms with Gasteiger partial charge >= 0.3 is 12.0 Å². The number of hydrogen-bond donors (Lipinski definition) is 2. The van der Waals surface area contributed by atoms with E-state index in [0.29, 0.717) is 19.5 Å². The van der Waals surface area contributed by atoms with Crippen molar-refractivity contribution < 1.29 is 14.7 Å². The molecule has 0 spiro atoms. The molecule has 0 unspecified atom stereocenters. The number of terminal acetylenes is 1. The SMILES string of the molecule is C#CCCNC(=O)N(CC(=O)O)CC(C)C.